The Morgan fingerprint density at radius 3 is 1.15 bits per heavy atom. The predicted octanol–water partition coefficient (Wildman–Crippen LogP) is 2.44. The highest BCUT2D eigenvalue weighted by molar-refractivity contribution is 5.44. The molecule has 2 aromatic rings. The minimum Gasteiger partial charge on any atom is -0.392 e. The first-order chi connectivity index (χ1) is 9.73. The van der Waals surface area contributed by atoms with Crippen LogP contribution in [0.1, 0.15) is 11.1 Å². The summed E-state index contributed by atoms with van der Waals surface area (Å²) in [4.78, 5) is 0. The lowest BCUT2D eigenvalue weighted by Gasteiger charge is -1.99. The molecule has 0 bridgehead atoms. The number of anilines is 2. The van der Waals surface area contributed by atoms with Crippen molar-refractivity contribution in [1.29, 1.82) is 0 Å². The van der Waals surface area contributed by atoms with Crippen LogP contribution in [0.25, 0.3) is 0 Å². The molecule has 108 valence electrons. The molecule has 0 amide bonds. The molecule has 4 heteroatoms. The van der Waals surface area contributed by atoms with E-state index in [1.54, 1.807) is 0 Å². The summed E-state index contributed by atoms with van der Waals surface area (Å²) in [5.74, 6) is 0. The monoisotopic (exact) mass is 274 g/mol. The number of aliphatic hydroxyl groups is 2. The first kappa shape index (κ1) is 16.0. The zero-order valence-corrected chi connectivity index (χ0v) is 11.9. The van der Waals surface area contributed by atoms with E-state index in [-0.39, 0.29) is 13.2 Å². The van der Waals surface area contributed by atoms with Crippen molar-refractivity contribution < 1.29 is 10.2 Å². The second-order valence-electron chi connectivity index (χ2n) is 4.21. The van der Waals surface area contributed by atoms with Gasteiger partial charge in [0, 0.05) is 25.5 Å². The molecule has 0 heterocycles. The van der Waals surface area contributed by atoms with Crippen molar-refractivity contribution in [2.45, 2.75) is 13.2 Å². The van der Waals surface area contributed by atoms with Crippen molar-refractivity contribution in [3.63, 3.8) is 0 Å². The van der Waals surface area contributed by atoms with Crippen molar-refractivity contribution in [2.24, 2.45) is 0 Å². The quantitative estimate of drug-likeness (QED) is 0.691. The Morgan fingerprint density at radius 1 is 0.650 bits per heavy atom. The molecule has 0 atom stereocenters. The first-order valence-corrected chi connectivity index (χ1v) is 6.48. The van der Waals surface area contributed by atoms with Gasteiger partial charge in [0.05, 0.1) is 13.2 Å². The fourth-order valence-electron chi connectivity index (χ4n) is 1.55. The minimum absolute atomic E-state index is 0.115. The molecule has 2 aromatic carbocycles. The number of aliphatic hydroxyl groups excluding tert-OH is 2. The molecule has 0 aliphatic heterocycles. The Morgan fingerprint density at radius 2 is 0.950 bits per heavy atom. The topological polar surface area (TPSA) is 64.5 Å². The van der Waals surface area contributed by atoms with Gasteiger partial charge in [-0.05, 0) is 35.4 Å². The van der Waals surface area contributed by atoms with E-state index in [9.17, 15) is 0 Å². The molecule has 0 fully saturated rings. The van der Waals surface area contributed by atoms with E-state index >= 15 is 0 Å². The third kappa shape index (κ3) is 5.30. The SMILES string of the molecule is CNc1ccc(CO)cc1.CNc1ccc(CO)cc1. The number of hydrogen-bond acceptors (Lipinski definition) is 4. The lowest BCUT2D eigenvalue weighted by molar-refractivity contribution is 0.281. The van der Waals surface area contributed by atoms with E-state index in [0.29, 0.717) is 0 Å². The summed E-state index contributed by atoms with van der Waals surface area (Å²) in [5.41, 5.74) is 4.02. The van der Waals surface area contributed by atoms with Crippen LogP contribution in [0, 0.1) is 0 Å². The van der Waals surface area contributed by atoms with E-state index in [4.69, 9.17) is 10.2 Å². The van der Waals surface area contributed by atoms with Gasteiger partial charge < -0.3 is 20.8 Å². The molecule has 2 rings (SSSR count). The summed E-state index contributed by atoms with van der Waals surface area (Å²) in [6.45, 7) is 0.230. The summed E-state index contributed by atoms with van der Waals surface area (Å²) in [5, 5.41) is 23.4. The molecule has 0 saturated heterocycles. The zero-order valence-electron chi connectivity index (χ0n) is 11.9. The molecule has 0 aromatic heterocycles. The normalized spacial score (nSPS) is 9.40. The largest absolute Gasteiger partial charge is 0.392 e. The van der Waals surface area contributed by atoms with Crippen molar-refractivity contribution in [3.05, 3.63) is 59.7 Å². The van der Waals surface area contributed by atoms with E-state index in [1.807, 2.05) is 62.6 Å². The van der Waals surface area contributed by atoms with Crippen LogP contribution in [0.2, 0.25) is 0 Å². The Kier molecular flexibility index (Phi) is 7.17. The molecule has 0 radical (unpaired) electrons. The summed E-state index contributed by atoms with van der Waals surface area (Å²) < 4.78 is 0. The van der Waals surface area contributed by atoms with Gasteiger partial charge in [0.25, 0.3) is 0 Å². The molecule has 0 aliphatic carbocycles. The summed E-state index contributed by atoms with van der Waals surface area (Å²) in [6.07, 6.45) is 0. The van der Waals surface area contributed by atoms with Crippen LogP contribution >= 0.6 is 0 Å². The van der Waals surface area contributed by atoms with Crippen LogP contribution in [0.3, 0.4) is 0 Å². The Balaban J connectivity index is 0.000000200. The molecular formula is C16H22N2O2. The standard InChI is InChI=1S/2C8H11NO/c2*1-9-8-4-2-7(6-10)3-5-8/h2*2-5,9-10H,6H2,1H3. The van der Waals surface area contributed by atoms with Gasteiger partial charge in [0.15, 0.2) is 0 Å². The molecular weight excluding hydrogens is 252 g/mol. The molecule has 0 spiro atoms. The summed E-state index contributed by atoms with van der Waals surface area (Å²) in [6, 6.07) is 15.3. The lowest BCUT2D eigenvalue weighted by atomic mass is 10.2. The van der Waals surface area contributed by atoms with E-state index in [1.165, 1.54) is 0 Å². The van der Waals surface area contributed by atoms with Crippen LogP contribution in [0.15, 0.2) is 48.5 Å². The van der Waals surface area contributed by atoms with Crippen LogP contribution in [-0.2, 0) is 13.2 Å². The second kappa shape index (κ2) is 8.96. The van der Waals surface area contributed by atoms with Gasteiger partial charge in [0.1, 0.15) is 0 Å². The zero-order chi connectivity index (χ0) is 14.8. The third-order valence-corrected chi connectivity index (χ3v) is 2.85. The van der Waals surface area contributed by atoms with Gasteiger partial charge in [0.2, 0.25) is 0 Å². The highest BCUT2D eigenvalue weighted by Gasteiger charge is 1.89. The number of hydrogen-bond donors (Lipinski definition) is 4. The predicted molar refractivity (Wildman–Crippen MR) is 83.8 cm³/mol. The lowest BCUT2D eigenvalue weighted by Crippen LogP contribution is -1.88. The molecule has 0 aliphatic rings. The van der Waals surface area contributed by atoms with Gasteiger partial charge in [-0.2, -0.15) is 0 Å². The molecule has 4 N–H and O–H groups in total. The van der Waals surface area contributed by atoms with Crippen LogP contribution < -0.4 is 10.6 Å². The van der Waals surface area contributed by atoms with E-state index in [2.05, 4.69) is 10.6 Å². The van der Waals surface area contributed by atoms with Crippen LogP contribution in [-0.4, -0.2) is 24.3 Å². The van der Waals surface area contributed by atoms with Crippen molar-refractivity contribution in [3.8, 4) is 0 Å². The summed E-state index contributed by atoms with van der Waals surface area (Å²) >= 11 is 0. The first-order valence-electron chi connectivity index (χ1n) is 6.48. The average molecular weight is 274 g/mol. The third-order valence-electron chi connectivity index (χ3n) is 2.85. The van der Waals surface area contributed by atoms with Crippen molar-refractivity contribution in [1.82, 2.24) is 0 Å². The molecule has 20 heavy (non-hydrogen) atoms. The average Bonchev–Trinajstić information content (AvgIpc) is 2.55. The molecule has 0 unspecified atom stereocenters. The maximum absolute atomic E-state index is 8.68. The maximum Gasteiger partial charge on any atom is 0.0681 e. The molecule has 0 saturated carbocycles. The van der Waals surface area contributed by atoms with E-state index < -0.39 is 0 Å². The molecule has 4 nitrogen and oxygen atoms in total. The number of rotatable bonds is 4. The Hall–Kier alpha value is -2.04. The second-order valence-corrected chi connectivity index (χ2v) is 4.21. The highest BCUT2D eigenvalue weighted by atomic mass is 16.3. The smallest absolute Gasteiger partial charge is 0.0681 e. The number of nitrogens with one attached hydrogen (secondary N) is 2. The van der Waals surface area contributed by atoms with Gasteiger partial charge >= 0.3 is 0 Å². The van der Waals surface area contributed by atoms with Gasteiger partial charge in [-0.1, -0.05) is 24.3 Å². The van der Waals surface area contributed by atoms with Gasteiger partial charge in [-0.3, -0.25) is 0 Å². The van der Waals surface area contributed by atoms with E-state index in [0.717, 1.165) is 22.5 Å². The maximum atomic E-state index is 8.68. The van der Waals surface area contributed by atoms with Crippen molar-refractivity contribution >= 4 is 11.4 Å². The van der Waals surface area contributed by atoms with Crippen LogP contribution in [0.5, 0.6) is 0 Å². The fraction of sp³-hybridized carbons (Fsp3) is 0.250. The van der Waals surface area contributed by atoms with Gasteiger partial charge in [-0.15, -0.1) is 0 Å². The fourth-order valence-corrected chi connectivity index (χ4v) is 1.55. The Bertz CT molecular complexity index is 387. The highest BCUT2D eigenvalue weighted by Crippen LogP contribution is 2.08. The Labute approximate surface area is 120 Å². The van der Waals surface area contributed by atoms with Crippen molar-refractivity contribution in [2.75, 3.05) is 24.7 Å². The summed E-state index contributed by atoms with van der Waals surface area (Å²) in [7, 11) is 3.74. The van der Waals surface area contributed by atoms with Crippen LogP contribution in [0.4, 0.5) is 11.4 Å². The minimum atomic E-state index is 0.115. The van der Waals surface area contributed by atoms with Gasteiger partial charge in [-0.25, -0.2) is 0 Å². The number of benzene rings is 2.